The number of hydrogen-bond acceptors (Lipinski definition) is 1. The summed E-state index contributed by atoms with van der Waals surface area (Å²) < 4.78 is 0. The Morgan fingerprint density at radius 2 is 1.55 bits per heavy atom. The van der Waals surface area contributed by atoms with Gasteiger partial charge in [-0.3, -0.25) is 4.79 Å². The van der Waals surface area contributed by atoms with Crippen molar-refractivity contribution in [3.63, 3.8) is 0 Å². The molecule has 0 aromatic rings. The number of carbonyl (C=O) groups is 1. The number of rotatable bonds is 4. The van der Waals surface area contributed by atoms with Crippen LogP contribution in [0, 0.1) is 5.92 Å². The second kappa shape index (κ2) is 6.93. The van der Waals surface area contributed by atoms with Gasteiger partial charge in [0.2, 0.25) is 5.91 Å². The van der Waals surface area contributed by atoms with Crippen molar-refractivity contribution in [3.8, 4) is 0 Å². The standard InChI is InChI=1S/C17H30N2O/c20-17(10-9-15-5-1-2-6-15)19-13-11-18(12-14-19)16-7-3-4-8-16/h15-16H,1-14H2/p+1. The highest BCUT2D eigenvalue weighted by Crippen LogP contribution is 2.28. The molecule has 1 aliphatic heterocycles. The van der Waals surface area contributed by atoms with Gasteiger partial charge < -0.3 is 9.80 Å². The molecule has 1 heterocycles. The first kappa shape index (κ1) is 14.4. The molecule has 0 radical (unpaired) electrons. The van der Waals surface area contributed by atoms with Crippen LogP contribution in [0.15, 0.2) is 0 Å². The molecule has 3 fully saturated rings. The first-order chi connectivity index (χ1) is 9.83. The van der Waals surface area contributed by atoms with Gasteiger partial charge in [0.15, 0.2) is 0 Å². The molecule has 0 aromatic carbocycles. The van der Waals surface area contributed by atoms with Crippen LogP contribution < -0.4 is 4.90 Å². The lowest BCUT2D eigenvalue weighted by Gasteiger charge is -2.35. The Balaban J connectivity index is 1.37. The molecule has 3 nitrogen and oxygen atoms in total. The molecule has 0 atom stereocenters. The molecule has 0 aromatic heterocycles. The van der Waals surface area contributed by atoms with Crippen molar-refractivity contribution in [1.82, 2.24) is 4.90 Å². The third kappa shape index (κ3) is 3.55. The SMILES string of the molecule is O=C(CCC1CCCC1)N1CC[NH+](C2CCCC2)CC1. The second-order valence-electron chi connectivity index (χ2n) is 7.21. The zero-order valence-corrected chi connectivity index (χ0v) is 12.9. The molecule has 0 spiro atoms. The van der Waals surface area contributed by atoms with E-state index in [0.717, 1.165) is 37.9 Å². The van der Waals surface area contributed by atoms with Gasteiger partial charge in [0.1, 0.15) is 0 Å². The van der Waals surface area contributed by atoms with E-state index in [1.807, 2.05) is 0 Å². The highest BCUT2D eigenvalue weighted by molar-refractivity contribution is 5.76. The molecule has 3 aliphatic rings. The predicted molar refractivity (Wildman–Crippen MR) is 80.7 cm³/mol. The van der Waals surface area contributed by atoms with Crippen LogP contribution in [0.5, 0.6) is 0 Å². The molecule has 1 N–H and O–H groups in total. The Bertz CT molecular complexity index is 311. The number of amides is 1. The molecule has 0 unspecified atom stereocenters. The van der Waals surface area contributed by atoms with Gasteiger partial charge >= 0.3 is 0 Å². The van der Waals surface area contributed by atoms with Crippen LogP contribution in [0.3, 0.4) is 0 Å². The summed E-state index contributed by atoms with van der Waals surface area (Å²) in [5, 5.41) is 0. The van der Waals surface area contributed by atoms with Crippen LogP contribution in [0.25, 0.3) is 0 Å². The minimum atomic E-state index is 0.433. The van der Waals surface area contributed by atoms with Gasteiger partial charge in [-0.1, -0.05) is 25.7 Å². The van der Waals surface area contributed by atoms with E-state index in [-0.39, 0.29) is 0 Å². The van der Waals surface area contributed by atoms with Crippen molar-refractivity contribution in [2.75, 3.05) is 26.2 Å². The Labute approximate surface area is 123 Å². The van der Waals surface area contributed by atoms with Gasteiger partial charge in [0.05, 0.1) is 32.2 Å². The Hall–Kier alpha value is -0.570. The molecule has 1 saturated heterocycles. The van der Waals surface area contributed by atoms with E-state index < -0.39 is 0 Å². The van der Waals surface area contributed by atoms with E-state index in [9.17, 15) is 4.79 Å². The van der Waals surface area contributed by atoms with Crippen LogP contribution in [-0.4, -0.2) is 43.0 Å². The maximum atomic E-state index is 12.3. The molecule has 2 aliphatic carbocycles. The van der Waals surface area contributed by atoms with Crippen LogP contribution in [0.2, 0.25) is 0 Å². The molecular formula is C17H31N2O+. The number of nitrogens with zero attached hydrogens (tertiary/aromatic N) is 1. The van der Waals surface area contributed by atoms with E-state index in [2.05, 4.69) is 4.90 Å². The van der Waals surface area contributed by atoms with Crippen molar-refractivity contribution in [2.24, 2.45) is 5.92 Å². The monoisotopic (exact) mass is 279 g/mol. The average Bonchev–Trinajstić information content (AvgIpc) is 3.18. The molecule has 0 bridgehead atoms. The number of hydrogen-bond donors (Lipinski definition) is 1. The molecule has 114 valence electrons. The average molecular weight is 279 g/mol. The number of carbonyl (C=O) groups excluding carboxylic acids is 1. The zero-order valence-electron chi connectivity index (χ0n) is 12.9. The van der Waals surface area contributed by atoms with Crippen molar-refractivity contribution < 1.29 is 9.69 Å². The van der Waals surface area contributed by atoms with Gasteiger partial charge in [-0.15, -0.1) is 0 Å². The topological polar surface area (TPSA) is 24.8 Å². The predicted octanol–water partition coefficient (Wildman–Crippen LogP) is 1.63. The molecular weight excluding hydrogens is 248 g/mol. The summed E-state index contributed by atoms with van der Waals surface area (Å²) in [6.45, 7) is 4.41. The van der Waals surface area contributed by atoms with Crippen LogP contribution in [-0.2, 0) is 4.79 Å². The summed E-state index contributed by atoms with van der Waals surface area (Å²) in [6, 6.07) is 0.908. The Morgan fingerprint density at radius 1 is 0.950 bits per heavy atom. The third-order valence-corrected chi connectivity index (χ3v) is 5.93. The summed E-state index contributed by atoms with van der Waals surface area (Å²) >= 11 is 0. The fraction of sp³-hybridized carbons (Fsp3) is 0.941. The van der Waals surface area contributed by atoms with Gasteiger partial charge in [-0.2, -0.15) is 0 Å². The summed E-state index contributed by atoms with van der Waals surface area (Å²) in [7, 11) is 0. The van der Waals surface area contributed by atoms with Gasteiger partial charge in [0, 0.05) is 6.42 Å². The maximum absolute atomic E-state index is 12.3. The highest BCUT2D eigenvalue weighted by atomic mass is 16.2. The van der Waals surface area contributed by atoms with E-state index >= 15 is 0 Å². The van der Waals surface area contributed by atoms with Crippen molar-refractivity contribution in [3.05, 3.63) is 0 Å². The largest absolute Gasteiger partial charge is 0.331 e. The first-order valence-corrected chi connectivity index (χ1v) is 8.95. The summed E-state index contributed by atoms with van der Waals surface area (Å²) in [5.74, 6) is 1.28. The Morgan fingerprint density at radius 3 is 2.20 bits per heavy atom. The Kier molecular flexibility index (Phi) is 4.98. The smallest absolute Gasteiger partial charge is 0.222 e. The molecule has 1 amide bonds. The molecule has 3 heteroatoms. The number of nitrogens with one attached hydrogen (secondary N) is 1. The lowest BCUT2D eigenvalue weighted by molar-refractivity contribution is -0.928. The fourth-order valence-electron chi connectivity index (χ4n) is 4.57. The highest BCUT2D eigenvalue weighted by Gasteiger charge is 2.31. The lowest BCUT2D eigenvalue weighted by Crippen LogP contribution is -3.18. The van der Waals surface area contributed by atoms with Gasteiger partial charge in [0.25, 0.3) is 0 Å². The van der Waals surface area contributed by atoms with Crippen molar-refractivity contribution in [1.29, 1.82) is 0 Å². The van der Waals surface area contributed by atoms with Crippen molar-refractivity contribution >= 4 is 5.91 Å². The number of piperazine rings is 1. The summed E-state index contributed by atoms with van der Waals surface area (Å²) in [6.07, 6.45) is 13.2. The zero-order chi connectivity index (χ0) is 13.8. The summed E-state index contributed by atoms with van der Waals surface area (Å²) in [4.78, 5) is 16.2. The minimum absolute atomic E-state index is 0.433. The summed E-state index contributed by atoms with van der Waals surface area (Å²) in [5.41, 5.74) is 0. The van der Waals surface area contributed by atoms with E-state index in [1.54, 1.807) is 4.90 Å². The molecule has 3 rings (SSSR count). The third-order valence-electron chi connectivity index (χ3n) is 5.93. The van der Waals surface area contributed by atoms with Gasteiger partial charge in [-0.05, 0) is 38.0 Å². The normalized spacial score (nSPS) is 26.5. The molecule has 20 heavy (non-hydrogen) atoms. The quantitative estimate of drug-likeness (QED) is 0.831. The number of quaternary nitrogens is 1. The van der Waals surface area contributed by atoms with E-state index in [0.29, 0.717) is 5.91 Å². The van der Waals surface area contributed by atoms with Crippen molar-refractivity contribution in [2.45, 2.75) is 70.3 Å². The fourth-order valence-corrected chi connectivity index (χ4v) is 4.57. The minimum Gasteiger partial charge on any atom is -0.331 e. The second-order valence-corrected chi connectivity index (χ2v) is 7.21. The first-order valence-electron chi connectivity index (χ1n) is 8.95. The van der Waals surface area contributed by atoms with Crippen LogP contribution >= 0.6 is 0 Å². The maximum Gasteiger partial charge on any atom is 0.222 e. The van der Waals surface area contributed by atoms with E-state index in [1.165, 1.54) is 64.5 Å². The lowest BCUT2D eigenvalue weighted by atomic mass is 10.0. The van der Waals surface area contributed by atoms with Crippen LogP contribution in [0.4, 0.5) is 0 Å². The van der Waals surface area contributed by atoms with Gasteiger partial charge in [-0.25, -0.2) is 0 Å². The van der Waals surface area contributed by atoms with E-state index in [4.69, 9.17) is 0 Å². The van der Waals surface area contributed by atoms with Crippen LogP contribution in [0.1, 0.15) is 64.2 Å². The molecule has 2 saturated carbocycles.